The number of hydrogen-bond acceptors (Lipinski definition) is 1. The summed E-state index contributed by atoms with van der Waals surface area (Å²) in [7, 11) is -2.00. The molecule has 1 aliphatic rings. The van der Waals surface area contributed by atoms with Crippen LogP contribution in [0.4, 0.5) is 0 Å². The summed E-state index contributed by atoms with van der Waals surface area (Å²) in [6, 6.07) is 21.7. The zero-order valence-corrected chi connectivity index (χ0v) is 13.8. The Balaban J connectivity index is 2.14. The van der Waals surface area contributed by atoms with E-state index < -0.39 is 8.07 Å². The van der Waals surface area contributed by atoms with Gasteiger partial charge >= 0.3 is 0 Å². The molecule has 0 saturated carbocycles. The lowest BCUT2D eigenvalue weighted by Crippen LogP contribution is -2.58. The quantitative estimate of drug-likeness (QED) is 0.787. The minimum absolute atomic E-state index is 0.323. The normalized spacial score (nSPS) is 18.8. The van der Waals surface area contributed by atoms with Gasteiger partial charge in [0.25, 0.3) is 0 Å². The number of ether oxygens (including phenoxy) is 1. The molecule has 1 aliphatic heterocycles. The summed E-state index contributed by atoms with van der Waals surface area (Å²) in [4.78, 5) is 0. The van der Waals surface area contributed by atoms with Gasteiger partial charge in [0.15, 0.2) is 8.07 Å². The van der Waals surface area contributed by atoms with Crippen LogP contribution in [-0.2, 0) is 4.74 Å². The number of allylic oxidation sites excluding steroid dienone is 1. The molecular weight excluding hydrogens is 272 g/mol. The van der Waals surface area contributed by atoms with Crippen molar-refractivity contribution in [3.8, 4) is 0 Å². The second-order valence-corrected chi connectivity index (χ2v) is 9.83. The van der Waals surface area contributed by atoms with Gasteiger partial charge in [0.05, 0.1) is 11.5 Å². The number of hydrogen-bond donors (Lipinski definition) is 0. The highest BCUT2D eigenvalue weighted by molar-refractivity contribution is 7.06. The second-order valence-electron chi connectivity index (χ2n) is 5.93. The van der Waals surface area contributed by atoms with Crippen molar-refractivity contribution in [2.45, 2.75) is 32.4 Å². The largest absolute Gasteiger partial charge is 0.500 e. The van der Waals surface area contributed by atoms with Crippen LogP contribution < -0.4 is 10.4 Å². The lowest BCUT2D eigenvalue weighted by Gasteiger charge is -2.35. The predicted molar refractivity (Wildman–Crippen MR) is 91.6 cm³/mol. The molecule has 3 rings (SSSR count). The molecule has 108 valence electrons. The molecule has 0 bridgehead atoms. The standard InChI is InChI=1S/C19H22OSi/c1-16-10-9-15-19(20-16)21(2,17-11-5-3-6-12-17)18-13-7-4-8-14-18/h3-8,11-16H,9-10H2,1-2H3. The van der Waals surface area contributed by atoms with E-state index in [0.717, 1.165) is 12.8 Å². The number of benzene rings is 2. The van der Waals surface area contributed by atoms with E-state index in [2.05, 4.69) is 80.2 Å². The van der Waals surface area contributed by atoms with Gasteiger partial charge < -0.3 is 4.74 Å². The van der Waals surface area contributed by atoms with Crippen molar-refractivity contribution >= 4 is 18.4 Å². The van der Waals surface area contributed by atoms with Gasteiger partial charge in [-0.3, -0.25) is 0 Å². The van der Waals surface area contributed by atoms with Crippen LogP contribution in [0.3, 0.4) is 0 Å². The average molecular weight is 294 g/mol. The Labute approximate surface area is 128 Å². The van der Waals surface area contributed by atoms with Gasteiger partial charge in [-0.25, -0.2) is 0 Å². The Morgan fingerprint density at radius 3 is 1.90 bits per heavy atom. The van der Waals surface area contributed by atoms with E-state index in [1.807, 2.05) is 0 Å². The summed E-state index contributed by atoms with van der Waals surface area (Å²) in [6.07, 6.45) is 4.90. The molecule has 0 aliphatic carbocycles. The van der Waals surface area contributed by atoms with E-state index in [1.165, 1.54) is 15.8 Å². The summed E-state index contributed by atoms with van der Waals surface area (Å²) in [5, 5.41) is 4.05. The topological polar surface area (TPSA) is 9.23 Å². The summed E-state index contributed by atoms with van der Waals surface area (Å²) >= 11 is 0. The minimum Gasteiger partial charge on any atom is -0.500 e. The van der Waals surface area contributed by atoms with Gasteiger partial charge in [-0.1, -0.05) is 73.3 Å². The van der Waals surface area contributed by atoms with Gasteiger partial charge in [0.1, 0.15) is 0 Å². The van der Waals surface area contributed by atoms with Gasteiger partial charge in [0.2, 0.25) is 0 Å². The highest BCUT2D eigenvalue weighted by Crippen LogP contribution is 2.25. The SMILES string of the molecule is CC1CCC=C([Si](C)(c2ccccc2)c2ccccc2)O1. The Morgan fingerprint density at radius 1 is 0.905 bits per heavy atom. The first kappa shape index (κ1) is 14.1. The summed E-state index contributed by atoms with van der Waals surface area (Å²) in [6.45, 7) is 4.58. The molecule has 0 radical (unpaired) electrons. The first-order valence-corrected chi connectivity index (χ1v) is 10.2. The van der Waals surface area contributed by atoms with Crippen LogP contribution in [0.15, 0.2) is 72.1 Å². The Kier molecular flexibility index (Phi) is 3.98. The van der Waals surface area contributed by atoms with E-state index in [-0.39, 0.29) is 0 Å². The smallest absolute Gasteiger partial charge is 0.188 e. The molecule has 2 heteroatoms. The molecule has 2 aromatic carbocycles. The van der Waals surface area contributed by atoms with E-state index in [1.54, 1.807) is 0 Å². The van der Waals surface area contributed by atoms with Crippen molar-refractivity contribution in [3.05, 3.63) is 72.1 Å². The molecule has 0 amide bonds. The van der Waals surface area contributed by atoms with Crippen LogP contribution in [0.2, 0.25) is 6.55 Å². The third-order valence-corrected chi connectivity index (χ3v) is 8.71. The second kappa shape index (κ2) is 5.90. The van der Waals surface area contributed by atoms with Gasteiger partial charge in [0, 0.05) is 0 Å². The maximum atomic E-state index is 6.28. The third-order valence-electron chi connectivity index (χ3n) is 4.43. The van der Waals surface area contributed by atoms with Crippen LogP contribution in [-0.4, -0.2) is 14.2 Å². The molecular formula is C19H22OSi. The summed E-state index contributed by atoms with van der Waals surface area (Å²) in [5.41, 5.74) is 0. The molecule has 0 saturated heterocycles. The van der Waals surface area contributed by atoms with Crippen LogP contribution >= 0.6 is 0 Å². The summed E-state index contributed by atoms with van der Waals surface area (Å²) < 4.78 is 6.28. The maximum Gasteiger partial charge on any atom is 0.188 e. The number of rotatable bonds is 3. The molecule has 2 aromatic rings. The van der Waals surface area contributed by atoms with E-state index >= 15 is 0 Å². The van der Waals surface area contributed by atoms with Gasteiger partial charge in [-0.2, -0.15) is 0 Å². The Hall–Kier alpha value is -1.80. The lowest BCUT2D eigenvalue weighted by molar-refractivity contribution is 0.127. The highest BCUT2D eigenvalue weighted by Gasteiger charge is 2.39. The van der Waals surface area contributed by atoms with Crippen LogP contribution in [0.25, 0.3) is 0 Å². The van der Waals surface area contributed by atoms with Crippen molar-refractivity contribution in [1.29, 1.82) is 0 Å². The Morgan fingerprint density at radius 2 is 1.43 bits per heavy atom. The lowest BCUT2D eigenvalue weighted by atomic mass is 10.2. The van der Waals surface area contributed by atoms with Crippen molar-refractivity contribution in [2.75, 3.05) is 0 Å². The monoisotopic (exact) mass is 294 g/mol. The fourth-order valence-corrected chi connectivity index (χ4v) is 6.70. The van der Waals surface area contributed by atoms with Crippen molar-refractivity contribution in [1.82, 2.24) is 0 Å². The van der Waals surface area contributed by atoms with Crippen LogP contribution in [0.1, 0.15) is 19.8 Å². The average Bonchev–Trinajstić information content (AvgIpc) is 2.56. The van der Waals surface area contributed by atoms with Crippen LogP contribution in [0.5, 0.6) is 0 Å². The molecule has 1 heterocycles. The third kappa shape index (κ3) is 2.68. The van der Waals surface area contributed by atoms with E-state index in [4.69, 9.17) is 4.74 Å². The molecule has 1 nitrogen and oxygen atoms in total. The molecule has 1 unspecified atom stereocenters. The maximum absolute atomic E-state index is 6.28. The zero-order chi connectivity index (χ0) is 14.7. The van der Waals surface area contributed by atoms with Gasteiger partial charge in [-0.05, 0) is 30.1 Å². The van der Waals surface area contributed by atoms with Gasteiger partial charge in [-0.15, -0.1) is 0 Å². The summed E-state index contributed by atoms with van der Waals surface area (Å²) in [5.74, 6) is 0. The molecule has 0 aromatic heterocycles. The Bertz CT molecular complexity index is 579. The molecule has 0 spiro atoms. The highest BCUT2D eigenvalue weighted by atomic mass is 28.3. The minimum atomic E-state index is -2.00. The molecule has 1 atom stereocenters. The first-order chi connectivity index (χ1) is 10.2. The fraction of sp³-hybridized carbons (Fsp3) is 0.263. The molecule has 0 N–H and O–H groups in total. The first-order valence-electron chi connectivity index (χ1n) is 7.69. The van der Waals surface area contributed by atoms with Crippen molar-refractivity contribution in [2.24, 2.45) is 0 Å². The predicted octanol–water partition coefficient (Wildman–Crippen LogP) is 3.50. The van der Waals surface area contributed by atoms with E-state index in [0.29, 0.717) is 6.10 Å². The zero-order valence-electron chi connectivity index (χ0n) is 12.8. The molecule has 21 heavy (non-hydrogen) atoms. The van der Waals surface area contributed by atoms with Crippen LogP contribution in [0, 0.1) is 0 Å². The van der Waals surface area contributed by atoms with Crippen molar-refractivity contribution < 1.29 is 4.74 Å². The molecule has 0 fully saturated rings. The van der Waals surface area contributed by atoms with E-state index in [9.17, 15) is 0 Å². The van der Waals surface area contributed by atoms with Crippen molar-refractivity contribution in [3.63, 3.8) is 0 Å². The fourth-order valence-electron chi connectivity index (χ4n) is 3.09.